The molecular formula is C11H19N3O5S. The van der Waals surface area contributed by atoms with Crippen molar-refractivity contribution in [2.45, 2.75) is 33.3 Å². The summed E-state index contributed by atoms with van der Waals surface area (Å²) < 4.78 is 11.1. The van der Waals surface area contributed by atoms with E-state index in [0.717, 1.165) is 11.3 Å². The molecule has 9 heteroatoms. The van der Waals surface area contributed by atoms with Gasteiger partial charge in [-0.3, -0.25) is 0 Å². The summed E-state index contributed by atoms with van der Waals surface area (Å²) in [6, 6.07) is 0. The molecule has 0 unspecified atom stereocenters. The first-order valence-electron chi connectivity index (χ1n) is 6.05. The van der Waals surface area contributed by atoms with E-state index >= 15 is 0 Å². The summed E-state index contributed by atoms with van der Waals surface area (Å²) in [5.74, 6) is 0.214. The van der Waals surface area contributed by atoms with Gasteiger partial charge in [0.2, 0.25) is 4.80 Å². The maximum atomic E-state index is 11.5. The van der Waals surface area contributed by atoms with Gasteiger partial charge in [-0.2, -0.15) is 5.10 Å². The maximum Gasteiger partial charge on any atom is 0.436 e. The zero-order valence-electron chi connectivity index (χ0n) is 11.6. The summed E-state index contributed by atoms with van der Waals surface area (Å²) in [6.07, 6.45) is -2.31. The Morgan fingerprint density at radius 3 is 2.75 bits per heavy atom. The average Bonchev–Trinajstić information content (AvgIpc) is 2.68. The molecule has 0 spiro atoms. The lowest BCUT2D eigenvalue weighted by Gasteiger charge is -2.04. The molecule has 0 aliphatic carbocycles. The second kappa shape index (κ2) is 8.10. The van der Waals surface area contributed by atoms with Gasteiger partial charge in [-0.1, -0.05) is 25.2 Å². The number of carbonyl (C=O) groups excluding carboxylic acids is 1. The Kier molecular flexibility index (Phi) is 6.79. The molecule has 8 nitrogen and oxygen atoms in total. The third kappa shape index (κ3) is 5.78. The second-order valence-corrected chi connectivity index (χ2v) is 5.50. The van der Waals surface area contributed by atoms with Crippen molar-refractivity contribution in [3.8, 4) is 0 Å². The number of methoxy groups -OCH3 is 1. The minimum absolute atomic E-state index is 0.184. The van der Waals surface area contributed by atoms with Crippen LogP contribution in [0.2, 0.25) is 0 Å². The molecular weight excluding hydrogens is 286 g/mol. The Morgan fingerprint density at radius 2 is 2.20 bits per heavy atom. The van der Waals surface area contributed by atoms with E-state index in [9.17, 15) is 4.79 Å². The third-order valence-corrected chi connectivity index (χ3v) is 2.91. The first-order valence-corrected chi connectivity index (χ1v) is 6.87. The monoisotopic (exact) mass is 305 g/mol. The fourth-order valence-corrected chi connectivity index (χ4v) is 2.11. The minimum Gasteiger partial charge on any atom is -0.448 e. The number of aliphatic hydroxyl groups excluding tert-OH is 1. The zero-order chi connectivity index (χ0) is 15.1. The number of aromatic nitrogens is 2. The van der Waals surface area contributed by atoms with Crippen molar-refractivity contribution >= 4 is 17.4 Å². The largest absolute Gasteiger partial charge is 0.448 e. The van der Waals surface area contributed by atoms with Gasteiger partial charge in [-0.05, 0) is 5.92 Å². The summed E-state index contributed by atoms with van der Waals surface area (Å²) in [5.41, 5.74) is 0. The molecule has 1 amide bonds. The van der Waals surface area contributed by atoms with Crippen LogP contribution in [0.4, 0.5) is 4.79 Å². The molecule has 1 rings (SSSR count). The molecule has 0 aliphatic heterocycles. The molecule has 1 heterocycles. The number of ether oxygens (including phenoxy) is 2. The van der Waals surface area contributed by atoms with Gasteiger partial charge >= 0.3 is 6.09 Å². The lowest BCUT2D eigenvalue weighted by molar-refractivity contribution is -0.0542. The Hall–Kier alpha value is -1.29. The summed E-state index contributed by atoms with van der Waals surface area (Å²) in [5, 5.41) is 22.6. The van der Waals surface area contributed by atoms with Crippen molar-refractivity contribution in [1.29, 1.82) is 0 Å². The normalized spacial score (nSPS) is 12.4. The molecule has 1 aromatic rings. The van der Waals surface area contributed by atoms with E-state index < -0.39 is 12.4 Å². The van der Waals surface area contributed by atoms with E-state index in [1.807, 2.05) is 13.8 Å². The van der Waals surface area contributed by atoms with Gasteiger partial charge in [0.05, 0.1) is 19.8 Å². The van der Waals surface area contributed by atoms with Crippen molar-refractivity contribution in [1.82, 2.24) is 9.78 Å². The quantitative estimate of drug-likeness (QED) is 0.722. The number of aliphatic hydroxyl groups is 2. The molecule has 1 aromatic heterocycles. The molecule has 0 aliphatic rings. The average molecular weight is 305 g/mol. The van der Waals surface area contributed by atoms with E-state index in [2.05, 4.69) is 10.1 Å². The van der Waals surface area contributed by atoms with Crippen LogP contribution in [0, 0.1) is 5.92 Å². The highest BCUT2D eigenvalue weighted by Crippen LogP contribution is 2.02. The summed E-state index contributed by atoms with van der Waals surface area (Å²) in [4.78, 5) is 15.5. The van der Waals surface area contributed by atoms with Gasteiger partial charge < -0.3 is 19.7 Å². The molecule has 0 saturated carbocycles. The van der Waals surface area contributed by atoms with Crippen LogP contribution in [-0.4, -0.2) is 46.1 Å². The van der Waals surface area contributed by atoms with Crippen LogP contribution in [0.15, 0.2) is 4.99 Å². The standard InChI is InChI=1S/C11H19N3O5S/c1-7(2)5-19-11(17)12-10-14(4-9(15)16)13-8(20-10)6-18-3/h7,9,15-16H,4-6H2,1-3H3. The third-order valence-electron chi connectivity index (χ3n) is 1.99. The fraction of sp³-hybridized carbons (Fsp3) is 0.727. The summed E-state index contributed by atoms with van der Waals surface area (Å²) in [7, 11) is 1.51. The van der Waals surface area contributed by atoms with E-state index in [-0.39, 0.29) is 30.5 Å². The van der Waals surface area contributed by atoms with Crippen molar-refractivity contribution in [3.05, 3.63) is 9.81 Å². The number of carbonyl (C=O) groups is 1. The first kappa shape index (κ1) is 16.8. The topological polar surface area (TPSA) is 106 Å². The predicted molar refractivity (Wildman–Crippen MR) is 70.8 cm³/mol. The molecule has 0 aromatic carbocycles. The molecule has 0 bridgehead atoms. The predicted octanol–water partition coefficient (Wildman–Crippen LogP) is 0.0950. The van der Waals surface area contributed by atoms with Crippen LogP contribution < -0.4 is 4.80 Å². The molecule has 0 radical (unpaired) electrons. The fourth-order valence-electron chi connectivity index (χ4n) is 1.24. The van der Waals surface area contributed by atoms with Gasteiger partial charge in [-0.25, -0.2) is 9.48 Å². The van der Waals surface area contributed by atoms with Crippen LogP contribution in [-0.2, 0) is 22.6 Å². The molecule has 2 N–H and O–H groups in total. The lowest BCUT2D eigenvalue weighted by atomic mass is 10.2. The van der Waals surface area contributed by atoms with Crippen molar-refractivity contribution < 1.29 is 24.5 Å². The smallest absolute Gasteiger partial charge is 0.436 e. The molecule has 0 saturated heterocycles. The van der Waals surface area contributed by atoms with E-state index in [1.165, 1.54) is 11.8 Å². The Balaban J connectivity index is 2.92. The van der Waals surface area contributed by atoms with Crippen LogP contribution in [0.1, 0.15) is 18.9 Å². The van der Waals surface area contributed by atoms with Gasteiger partial charge in [0.25, 0.3) is 0 Å². The van der Waals surface area contributed by atoms with Crippen molar-refractivity contribution in [3.63, 3.8) is 0 Å². The number of rotatable bonds is 6. The number of hydrogen-bond donors (Lipinski definition) is 2. The molecule has 20 heavy (non-hydrogen) atoms. The van der Waals surface area contributed by atoms with E-state index in [4.69, 9.17) is 19.7 Å². The molecule has 0 atom stereocenters. The van der Waals surface area contributed by atoms with Gasteiger partial charge in [0, 0.05) is 7.11 Å². The van der Waals surface area contributed by atoms with Gasteiger partial charge in [0.1, 0.15) is 5.01 Å². The van der Waals surface area contributed by atoms with Crippen molar-refractivity contribution in [2.75, 3.05) is 13.7 Å². The van der Waals surface area contributed by atoms with Crippen molar-refractivity contribution in [2.24, 2.45) is 10.9 Å². The summed E-state index contributed by atoms with van der Waals surface area (Å²) >= 11 is 1.13. The Labute approximate surface area is 120 Å². The van der Waals surface area contributed by atoms with Crippen LogP contribution in [0.25, 0.3) is 0 Å². The number of amides is 1. The minimum atomic E-state index is -1.59. The lowest BCUT2D eigenvalue weighted by Crippen LogP contribution is -2.25. The summed E-state index contributed by atoms with van der Waals surface area (Å²) in [6.45, 7) is 4.17. The number of nitrogens with zero attached hydrogens (tertiary/aromatic N) is 3. The second-order valence-electron chi connectivity index (χ2n) is 4.46. The van der Waals surface area contributed by atoms with Gasteiger partial charge in [-0.15, -0.1) is 4.99 Å². The Morgan fingerprint density at radius 1 is 1.50 bits per heavy atom. The highest BCUT2D eigenvalue weighted by atomic mass is 32.1. The van der Waals surface area contributed by atoms with E-state index in [1.54, 1.807) is 0 Å². The van der Waals surface area contributed by atoms with Gasteiger partial charge in [0.15, 0.2) is 6.29 Å². The maximum absolute atomic E-state index is 11.5. The molecule has 0 fully saturated rings. The zero-order valence-corrected chi connectivity index (χ0v) is 12.5. The first-order chi connectivity index (χ1) is 9.42. The molecule has 114 valence electrons. The highest BCUT2D eigenvalue weighted by molar-refractivity contribution is 7.08. The highest BCUT2D eigenvalue weighted by Gasteiger charge is 2.10. The van der Waals surface area contributed by atoms with Crippen LogP contribution in [0.5, 0.6) is 0 Å². The van der Waals surface area contributed by atoms with Crippen LogP contribution in [0.3, 0.4) is 0 Å². The number of hydrogen-bond acceptors (Lipinski definition) is 7. The van der Waals surface area contributed by atoms with Crippen LogP contribution >= 0.6 is 11.3 Å². The Bertz CT molecular complexity index is 494. The SMILES string of the molecule is COCc1nn(CC(O)O)c(=NC(=O)OCC(C)C)s1. The van der Waals surface area contributed by atoms with E-state index in [0.29, 0.717) is 5.01 Å².